The fourth-order valence-electron chi connectivity index (χ4n) is 6.37. The highest BCUT2D eigenvalue weighted by Gasteiger charge is 2.40. The molecule has 0 heterocycles. The van der Waals surface area contributed by atoms with Crippen molar-refractivity contribution in [3.8, 4) is 0 Å². The summed E-state index contributed by atoms with van der Waals surface area (Å²) in [6, 6.07) is -1.16. The molecule has 0 aromatic rings. The lowest BCUT2D eigenvalue weighted by atomic mass is 10.1. The Morgan fingerprint density at radius 3 is 1.39 bits per heavy atom. The third kappa shape index (κ3) is 31.5. The number of hydrogen-bond acceptors (Lipinski definition) is 8. The molecule has 0 aromatic heterocycles. The van der Waals surface area contributed by atoms with Crippen molar-refractivity contribution in [2.75, 3.05) is 13.7 Å². The predicted octanol–water partition coefficient (Wildman–Crippen LogP) is 10.6. The maximum Gasteiger partial charge on any atom is 0.458 e. The molecule has 12 nitrogen and oxygen atoms in total. The molecule has 326 valence electrons. The number of unbranched alkanes of at least 4 members (excludes halogenated alkanes) is 22. The number of nitrogens with one attached hydrogen (secondary N) is 1. The first-order valence-corrected chi connectivity index (χ1v) is 23.7. The summed E-state index contributed by atoms with van der Waals surface area (Å²) < 4.78 is 23.8. The van der Waals surface area contributed by atoms with Crippen molar-refractivity contribution in [3.63, 3.8) is 0 Å². The van der Waals surface area contributed by atoms with Gasteiger partial charge in [-0.25, -0.2) is 9.19 Å². The highest BCUT2D eigenvalue weighted by atomic mass is 31.2. The first-order valence-electron chi connectivity index (χ1n) is 22.2. The number of methoxy groups -OCH3 is 1. The lowest BCUT2D eigenvalue weighted by Gasteiger charge is -2.26. The van der Waals surface area contributed by atoms with E-state index in [2.05, 4.69) is 48.6 Å². The quantitative estimate of drug-likeness (QED) is 0.00885. The van der Waals surface area contributed by atoms with E-state index < -0.39 is 31.6 Å². The molecule has 0 rings (SSSR count). The number of allylic oxidation sites excluding steroid dienone is 4. The van der Waals surface area contributed by atoms with Gasteiger partial charge in [-0.15, -0.1) is 0 Å². The number of esters is 1. The van der Waals surface area contributed by atoms with Gasteiger partial charge in [-0.2, -0.15) is 10.2 Å². The lowest BCUT2D eigenvalue weighted by Crippen LogP contribution is -2.41. The molecule has 0 aliphatic heterocycles. The van der Waals surface area contributed by atoms with Crippen LogP contribution in [0.1, 0.15) is 206 Å². The molecular formula is C43H82N5O7P. The van der Waals surface area contributed by atoms with Crippen LogP contribution in [0.15, 0.2) is 29.3 Å². The fourth-order valence-corrected chi connectivity index (χ4v) is 7.48. The summed E-state index contributed by atoms with van der Waals surface area (Å²) in [5.41, 5.74) is 13.0. The number of aliphatic imine (C=N–C) groups is 1. The van der Waals surface area contributed by atoms with Gasteiger partial charge in [0.25, 0.3) is 0 Å². The van der Waals surface area contributed by atoms with Crippen LogP contribution in [0.5, 0.6) is 0 Å². The zero-order chi connectivity index (χ0) is 41.5. The number of amides is 2. The highest BCUT2D eigenvalue weighted by molar-refractivity contribution is 7.51. The molecule has 0 saturated carbocycles. The number of hydrogen-bond donors (Lipinski definition) is 4. The van der Waals surface area contributed by atoms with Gasteiger partial charge in [-0.1, -0.05) is 141 Å². The SMILES string of the molecule is CCCCCCCC/C=C\CCCCCCCC(=O)N(C(=O)CCCCCCC/C=C\CCCCCCCC)P(=O)(O)ON[C@@H](CCCN=C(N)N)C(=O)OC. The normalized spacial score (nSPS) is 13.2. The number of nitrogens with zero attached hydrogens (tertiary/aromatic N) is 2. The van der Waals surface area contributed by atoms with Crippen LogP contribution in [0.3, 0.4) is 0 Å². The molecule has 13 heteroatoms. The second-order valence-electron chi connectivity index (χ2n) is 15.0. The molecule has 2 amide bonds. The second kappa shape index (κ2) is 38.0. The molecule has 6 N–H and O–H groups in total. The van der Waals surface area contributed by atoms with Gasteiger partial charge in [0.1, 0.15) is 6.04 Å². The highest BCUT2D eigenvalue weighted by Crippen LogP contribution is 2.47. The van der Waals surface area contributed by atoms with E-state index in [4.69, 9.17) is 20.8 Å². The van der Waals surface area contributed by atoms with Crippen LogP contribution in [-0.2, 0) is 28.3 Å². The molecule has 56 heavy (non-hydrogen) atoms. The molecule has 0 spiro atoms. The Bertz CT molecular complexity index is 1080. The molecule has 0 aromatic carbocycles. The summed E-state index contributed by atoms with van der Waals surface area (Å²) in [5.74, 6) is -2.39. The average molecular weight is 812 g/mol. The lowest BCUT2D eigenvalue weighted by molar-refractivity contribution is -0.145. The first kappa shape index (κ1) is 53.5. The van der Waals surface area contributed by atoms with Crippen molar-refractivity contribution in [2.45, 2.75) is 213 Å². The van der Waals surface area contributed by atoms with E-state index in [0.29, 0.717) is 23.9 Å². The molecular weight excluding hydrogens is 729 g/mol. The van der Waals surface area contributed by atoms with Crippen LogP contribution in [0.25, 0.3) is 0 Å². The van der Waals surface area contributed by atoms with E-state index in [1.807, 2.05) is 0 Å². The number of hydroxylamine groups is 1. The van der Waals surface area contributed by atoms with Crippen molar-refractivity contribution in [1.29, 1.82) is 0 Å². The molecule has 0 aliphatic rings. The number of carbonyl (C=O) groups excluding carboxylic acids is 3. The Balaban J connectivity index is 4.93. The number of carbonyl (C=O) groups is 3. The standard InChI is InChI=1S/C43H82N5O7P/c1-4-6-8-10-12-14-16-18-20-22-24-26-28-30-32-36-40(49)48(56(52,53)55-47-39(42(51)54-3)35-34-38-46-43(44)45)41(50)37-33-31-29-27-25-23-21-19-17-15-13-11-9-7-5-2/h18-21,39,47H,4-17,22-38H2,1-3H3,(H,52,53)(H4,44,45,46)/b20-18-,21-19-/t39-/m0/s1. The fraction of sp³-hybridized carbons (Fsp3) is 0.814. The minimum absolute atomic E-state index is 0.0663. The van der Waals surface area contributed by atoms with Crippen LogP contribution in [-0.4, -0.2) is 53.0 Å². The number of guanidine groups is 1. The molecule has 0 bridgehead atoms. The van der Waals surface area contributed by atoms with E-state index in [9.17, 15) is 23.8 Å². The van der Waals surface area contributed by atoms with Crippen LogP contribution in [0.2, 0.25) is 0 Å². The van der Waals surface area contributed by atoms with Gasteiger partial charge in [0, 0.05) is 19.4 Å². The van der Waals surface area contributed by atoms with Gasteiger partial charge in [0.05, 0.1) is 7.11 Å². The summed E-state index contributed by atoms with van der Waals surface area (Å²) >= 11 is 0. The van der Waals surface area contributed by atoms with Crippen LogP contribution < -0.4 is 16.9 Å². The zero-order valence-electron chi connectivity index (χ0n) is 35.7. The Kier molecular flexibility index (Phi) is 36.3. The van der Waals surface area contributed by atoms with Crippen LogP contribution in [0, 0.1) is 0 Å². The third-order valence-electron chi connectivity index (χ3n) is 9.77. The Labute approximate surface area is 341 Å². The Hall–Kier alpha value is -2.53. The van der Waals surface area contributed by atoms with Crippen molar-refractivity contribution in [3.05, 3.63) is 24.3 Å². The van der Waals surface area contributed by atoms with Crippen molar-refractivity contribution >= 4 is 31.5 Å². The minimum Gasteiger partial charge on any atom is -0.468 e. The van der Waals surface area contributed by atoms with E-state index >= 15 is 0 Å². The Morgan fingerprint density at radius 1 is 0.643 bits per heavy atom. The first-order chi connectivity index (χ1) is 27.1. The van der Waals surface area contributed by atoms with Crippen molar-refractivity contribution in [2.24, 2.45) is 16.5 Å². The molecule has 0 saturated heterocycles. The number of ether oxygens (including phenoxy) is 1. The predicted molar refractivity (Wildman–Crippen MR) is 231 cm³/mol. The van der Waals surface area contributed by atoms with E-state index in [0.717, 1.165) is 77.0 Å². The molecule has 2 atom stereocenters. The van der Waals surface area contributed by atoms with Crippen molar-refractivity contribution < 1.29 is 33.2 Å². The third-order valence-corrected chi connectivity index (χ3v) is 11.1. The van der Waals surface area contributed by atoms with E-state index in [1.54, 1.807) is 0 Å². The number of imide groups is 1. The van der Waals surface area contributed by atoms with Gasteiger partial charge in [0.15, 0.2) is 5.96 Å². The van der Waals surface area contributed by atoms with Crippen molar-refractivity contribution in [1.82, 2.24) is 10.2 Å². The zero-order valence-corrected chi connectivity index (χ0v) is 36.6. The largest absolute Gasteiger partial charge is 0.468 e. The maximum absolute atomic E-state index is 13.5. The van der Waals surface area contributed by atoms with Gasteiger partial charge in [-0.05, 0) is 77.0 Å². The molecule has 0 radical (unpaired) electrons. The van der Waals surface area contributed by atoms with Crippen LogP contribution in [0.4, 0.5) is 0 Å². The molecule has 0 aliphatic carbocycles. The summed E-state index contributed by atoms with van der Waals surface area (Å²) in [5, 5.41) is 0. The number of rotatable bonds is 39. The summed E-state index contributed by atoms with van der Waals surface area (Å²) in [6.07, 6.45) is 37.9. The number of nitrogens with two attached hydrogens (primary N) is 2. The van der Waals surface area contributed by atoms with Gasteiger partial charge < -0.3 is 21.1 Å². The van der Waals surface area contributed by atoms with E-state index in [-0.39, 0.29) is 31.8 Å². The summed E-state index contributed by atoms with van der Waals surface area (Å²) in [7, 11) is -3.85. The average Bonchev–Trinajstić information content (AvgIpc) is 3.17. The summed E-state index contributed by atoms with van der Waals surface area (Å²) in [6.45, 7) is 4.68. The van der Waals surface area contributed by atoms with Gasteiger partial charge in [0.2, 0.25) is 11.8 Å². The van der Waals surface area contributed by atoms with Gasteiger partial charge in [-0.3, -0.25) is 19.4 Å². The smallest absolute Gasteiger partial charge is 0.458 e. The Morgan fingerprint density at radius 2 is 1.02 bits per heavy atom. The van der Waals surface area contributed by atoms with Gasteiger partial charge >= 0.3 is 13.7 Å². The molecule has 1 unspecified atom stereocenters. The monoisotopic (exact) mass is 812 g/mol. The summed E-state index contributed by atoms with van der Waals surface area (Å²) in [4.78, 5) is 53.9. The topological polar surface area (TPSA) is 187 Å². The second-order valence-corrected chi connectivity index (χ2v) is 16.6. The van der Waals surface area contributed by atoms with E-state index in [1.165, 1.54) is 84.2 Å². The minimum atomic E-state index is -5.02. The van der Waals surface area contributed by atoms with Crippen LogP contribution >= 0.6 is 7.75 Å². The maximum atomic E-state index is 13.5. The molecule has 0 fully saturated rings.